The second-order valence-electron chi connectivity index (χ2n) is 8.17. The highest BCUT2D eigenvalue weighted by Crippen LogP contribution is 2.34. The van der Waals surface area contributed by atoms with Gasteiger partial charge in [0.15, 0.2) is 6.10 Å². The van der Waals surface area contributed by atoms with E-state index in [1.165, 1.54) is 0 Å². The SMILES string of the molecule is C[C@@H](Oc1ccc2c(-c3ccccc3Br)ccnc2c1)C(=O)N1CCC[C@H](CC(=O)O)C1. The predicted molar refractivity (Wildman–Crippen MR) is 127 cm³/mol. The van der Waals surface area contributed by atoms with Crippen molar-refractivity contribution in [2.45, 2.75) is 32.3 Å². The number of carboxylic acids is 1. The standard InChI is InChI=1S/C25H25BrN2O4/c1-16(25(31)28-12-4-5-17(15-28)13-24(29)30)32-18-8-9-21-19(10-11-27-23(21)14-18)20-6-2-3-7-22(20)26/h2-3,6-11,14,16-17H,4-5,12-13,15H2,1H3,(H,29,30)/t16-,17-/m1/s1. The lowest BCUT2D eigenvalue weighted by Crippen LogP contribution is -2.46. The second kappa shape index (κ2) is 9.69. The minimum atomic E-state index is -0.820. The van der Waals surface area contributed by atoms with E-state index in [4.69, 9.17) is 9.84 Å². The first-order valence-electron chi connectivity index (χ1n) is 10.7. The van der Waals surface area contributed by atoms with Gasteiger partial charge in [0.05, 0.1) is 5.52 Å². The Morgan fingerprint density at radius 1 is 1.22 bits per heavy atom. The first-order chi connectivity index (χ1) is 15.4. The van der Waals surface area contributed by atoms with E-state index in [0.29, 0.717) is 18.8 Å². The molecule has 4 rings (SSSR count). The Kier molecular flexibility index (Phi) is 6.74. The fraction of sp³-hybridized carbons (Fsp3) is 0.320. The van der Waals surface area contributed by atoms with Crippen molar-refractivity contribution in [2.24, 2.45) is 5.92 Å². The van der Waals surface area contributed by atoms with Crippen molar-refractivity contribution < 1.29 is 19.4 Å². The first kappa shape index (κ1) is 22.3. The molecule has 2 heterocycles. The number of halogens is 1. The summed E-state index contributed by atoms with van der Waals surface area (Å²) < 4.78 is 6.98. The Bertz CT molecular complexity index is 1150. The number of hydrogen-bond acceptors (Lipinski definition) is 4. The molecule has 3 aromatic rings. The number of amides is 1. The molecule has 1 fully saturated rings. The molecule has 1 aliphatic rings. The lowest BCUT2D eigenvalue weighted by Gasteiger charge is -2.33. The van der Waals surface area contributed by atoms with Crippen LogP contribution in [0.3, 0.4) is 0 Å². The maximum Gasteiger partial charge on any atom is 0.303 e. The molecule has 0 bridgehead atoms. The van der Waals surface area contributed by atoms with Gasteiger partial charge in [0, 0.05) is 41.6 Å². The number of aromatic nitrogens is 1. The lowest BCUT2D eigenvalue weighted by molar-refractivity contribution is -0.143. The number of carbonyl (C=O) groups excluding carboxylic acids is 1. The molecule has 0 unspecified atom stereocenters. The number of piperidine rings is 1. The van der Waals surface area contributed by atoms with E-state index in [0.717, 1.165) is 39.3 Å². The van der Waals surface area contributed by atoms with E-state index < -0.39 is 12.1 Å². The molecule has 6 nitrogen and oxygen atoms in total. The van der Waals surface area contributed by atoms with Crippen molar-refractivity contribution in [3.63, 3.8) is 0 Å². The molecule has 1 saturated heterocycles. The molecule has 1 aromatic heterocycles. The molecule has 0 aliphatic carbocycles. The highest BCUT2D eigenvalue weighted by Gasteiger charge is 2.29. The largest absolute Gasteiger partial charge is 0.481 e. The van der Waals surface area contributed by atoms with Crippen LogP contribution in [-0.4, -0.2) is 46.1 Å². The van der Waals surface area contributed by atoms with Gasteiger partial charge in [-0.15, -0.1) is 0 Å². The molecular formula is C25H25BrN2O4. The zero-order valence-corrected chi connectivity index (χ0v) is 19.4. The van der Waals surface area contributed by atoms with Gasteiger partial charge in [-0.3, -0.25) is 14.6 Å². The summed E-state index contributed by atoms with van der Waals surface area (Å²) in [6.45, 7) is 2.84. The van der Waals surface area contributed by atoms with Crippen molar-refractivity contribution in [3.8, 4) is 16.9 Å². The third-order valence-corrected chi connectivity index (χ3v) is 6.52. The number of fused-ring (bicyclic) bond motifs is 1. The number of carbonyl (C=O) groups is 2. The Morgan fingerprint density at radius 3 is 2.81 bits per heavy atom. The molecule has 0 saturated carbocycles. The van der Waals surface area contributed by atoms with Gasteiger partial charge in [-0.2, -0.15) is 0 Å². The quantitative estimate of drug-likeness (QED) is 0.510. The average Bonchev–Trinajstić information content (AvgIpc) is 2.78. The van der Waals surface area contributed by atoms with Crippen LogP contribution >= 0.6 is 15.9 Å². The van der Waals surface area contributed by atoms with Gasteiger partial charge in [-0.25, -0.2) is 0 Å². The van der Waals surface area contributed by atoms with Gasteiger partial charge >= 0.3 is 5.97 Å². The van der Waals surface area contributed by atoms with Gasteiger partial charge in [-0.1, -0.05) is 34.1 Å². The molecule has 32 heavy (non-hydrogen) atoms. The number of rotatable bonds is 6. The third-order valence-electron chi connectivity index (χ3n) is 5.83. The fourth-order valence-electron chi connectivity index (χ4n) is 4.31. The second-order valence-corrected chi connectivity index (χ2v) is 9.02. The minimum absolute atomic E-state index is 0.00185. The van der Waals surface area contributed by atoms with E-state index in [-0.39, 0.29) is 18.2 Å². The van der Waals surface area contributed by atoms with Crippen molar-refractivity contribution in [3.05, 3.63) is 59.2 Å². The molecule has 1 N–H and O–H groups in total. The molecule has 2 aromatic carbocycles. The van der Waals surface area contributed by atoms with E-state index in [9.17, 15) is 9.59 Å². The summed E-state index contributed by atoms with van der Waals surface area (Å²) in [5, 5.41) is 10.1. The van der Waals surface area contributed by atoms with E-state index in [1.54, 1.807) is 18.0 Å². The summed E-state index contributed by atoms with van der Waals surface area (Å²) in [4.78, 5) is 30.1. The number of likely N-dealkylation sites (tertiary alicyclic amines) is 1. The van der Waals surface area contributed by atoms with Gasteiger partial charge < -0.3 is 14.7 Å². The van der Waals surface area contributed by atoms with Crippen molar-refractivity contribution in [2.75, 3.05) is 13.1 Å². The highest BCUT2D eigenvalue weighted by molar-refractivity contribution is 9.10. The van der Waals surface area contributed by atoms with Crippen LogP contribution < -0.4 is 4.74 Å². The van der Waals surface area contributed by atoms with Crippen LogP contribution in [0.4, 0.5) is 0 Å². The van der Waals surface area contributed by atoms with Crippen molar-refractivity contribution in [1.82, 2.24) is 9.88 Å². The summed E-state index contributed by atoms with van der Waals surface area (Å²) in [5.41, 5.74) is 2.93. The van der Waals surface area contributed by atoms with Crippen LogP contribution in [-0.2, 0) is 9.59 Å². The molecule has 166 valence electrons. The molecule has 1 aliphatic heterocycles. The van der Waals surface area contributed by atoms with E-state index in [2.05, 4.69) is 27.0 Å². The summed E-state index contributed by atoms with van der Waals surface area (Å²) in [6.07, 6.45) is 2.85. The predicted octanol–water partition coefficient (Wildman–Crippen LogP) is 5.14. The van der Waals surface area contributed by atoms with Gasteiger partial charge in [0.25, 0.3) is 5.91 Å². The van der Waals surface area contributed by atoms with Crippen LogP contribution in [0.2, 0.25) is 0 Å². The van der Waals surface area contributed by atoms with Gasteiger partial charge in [0.2, 0.25) is 0 Å². The van der Waals surface area contributed by atoms with Crippen LogP contribution in [0.15, 0.2) is 59.2 Å². The third kappa shape index (κ3) is 4.93. The fourth-order valence-corrected chi connectivity index (χ4v) is 4.80. The smallest absolute Gasteiger partial charge is 0.303 e. The average molecular weight is 497 g/mol. The van der Waals surface area contributed by atoms with Crippen LogP contribution in [0, 0.1) is 5.92 Å². The van der Waals surface area contributed by atoms with Gasteiger partial charge in [0.1, 0.15) is 5.75 Å². The number of hydrogen-bond donors (Lipinski definition) is 1. The summed E-state index contributed by atoms with van der Waals surface area (Å²) in [7, 11) is 0. The van der Waals surface area contributed by atoms with Crippen molar-refractivity contribution >= 4 is 38.7 Å². The van der Waals surface area contributed by atoms with Crippen LogP contribution in [0.25, 0.3) is 22.0 Å². The monoisotopic (exact) mass is 496 g/mol. The van der Waals surface area contributed by atoms with E-state index >= 15 is 0 Å². The number of pyridine rings is 1. The maximum atomic E-state index is 12.9. The Balaban J connectivity index is 1.50. The number of aliphatic carboxylic acids is 1. The van der Waals surface area contributed by atoms with Crippen LogP contribution in [0.5, 0.6) is 5.75 Å². The summed E-state index contributed by atoms with van der Waals surface area (Å²) >= 11 is 3.62. The molecule has 0 spiro atoms. The number of carboxylic acid groups (broad SMARTS) is 1. The zero-order chi connectivity index (χ0) is 22.7. The molecule has 2 atom stereocenters. The topological polar surface area (TPSA) is 79.7 Å². The van der Waals surface area contributed by atoms with E-state index in [1.807, 2.05) is 42.5 Å². The Hall–Kier alpha value is -2.93. The maximum absolute atomic E-state index is 12.9. The number of ether oxygens (including phenoxy) is 1. The van der Waals surface area contributed by atoms with Gasteiger partial charge in [-0.05, 0) is 61.1 Å². The first-order valence-corrected chi connectivity index (χ1v) is 11.5. The molecule has 0 radical (unpaired) electrons. The lowest BCUT2D eigenvalue weighted by atomic mass is 9.94. The Labute approximate surface area is 195 Å². The minimum Gasteiger partial charge on any atom is -0.481 e. The number of benzene rings is 2. The molecule has 7 heteroatoms. The summed E-state index contributed by atoms with van der Waals surface area (Å²) in [6, 6.07) is 15.7. The summed E-state index contributed by atoms with van der Waals surface area (Å²) in [5.74, 6) is -0.360. The van der Waals surface area contributed by atoms with Crippen LogP contribution in [0.1, 0.15) is 26.2 Å². The highest BCUT2D eigenvalue weighted by atomic mass is 79.9. The molecule has 1 amide bonds. The molecular weight excluding hydrogens is 472 g/mol. The number of nitrogens with zero attached hydrogens (tertiary/aromatic N) is 2. The normalized spacial score (nSPS) is 17.2. The zero-order valence-electron chi connectivity index (χ0n) is 17.8. The Morgan fingerprint density at radius 2 is 2.03 bits per heavy atom. The van der Waals surface area contributed by atoms with Crippen molar-refractivity contribution in [1.29, 1.82) is 0 Å².